The van der Waals surface area contributed by atoms with Crippen LogP contribution in [0.25, 0.3) is 0 Å². The van der Waals surface area contributed by atoms with Crippen LogP contribution < -0.4 is 5.73 Å². The van der Waals surface area contributed by atoms with Crippen molar-refractivity contribution in [3.05, 3.63) is 0 Å². The Morgan fingerprint density at radius 3 is 2.31 bits per heavy atom. The first kappa shape index (κ1) is 14.7. The van der Waals surface area contributed by atoms with Crippen LogP contribution in [0.3, 0.4) is 0 Å². The number of oxime groups is 1. The highest BCUT2D eigenvalue weighted by atomic mass is 16.4. The summed E-state index contributed by atoms with van der Waals surface area (Å²) >= 11 is 0. The van der Waals surface area contributed by atoms with Crippen molar-refractivity contribution in [3.63, 3.8) is 0 Å². The SMILES string of the molecule is CCC(C(=O)N(CC)CC(C)C)C(N)=NO. The Morgan fingerprint density at radius 2 is 2.00 bits per heavy atom. The van der Waals surface area contributed by atoms with Crippen LogP contribution in [0.5, 0.6) is 0 Å². The van der Waals surface area contributed by atoms with E-state index in [1.165, 1.54) is 0 Å². The first-order chi connectivity index (χ1) is 7.47. The summed E-state index contributed by atoms with van der Waals surface area (Å²) < 4.78 is 0. The topological polar surface area (TPSA) is 78.9 Å². The van der Waals surface area contributed by atoms with E-state index in [1.807, 2.05) is 13.8 Å². The number of carbonyl (C=O) groups is 1. The molecular formula is C11H23N3O2. The van der Waals surface area contributed by atoms with Gasteiger partial charge in [0.15, 0.2) is 5.84 Å². The average Bonchev–Trinajstić information content (AvgIpc) is 2.25. The highest BCUT2D eigenvalue weighted by Gasteiger charge is 2.25. The van der Waals surface area contributed by atoms with E-state index in [0.29, 0.717) is 25.4 Å². The predicted molar refractivity (Wildman–Crippen MR) is 64.3 cm³/mol. The van der Waals surface area contributed by atoms with Gasteiger partial charge < -0.3 is 15.8 Å². The number of nitrogens with zero attached hydrogens (tertiary/aromatic N) is 2. The second-order valence-electron chi connectivity index (χ2n) is 4.26. The van der Waals surface area contributed by atoms with Crippen LogP contribution in [0.4, 0.5) is 0 Å². The molecule has 0 aliphatic carbocycles. The van der Waals surface area contributed by atoms with Crippen molar-refractivity contribution in [1.82, 2.24) is 4.90 Å². The molecule has 0 aromatic carbocycles. The molecule has 1 unspecified atom stereocenters. The van der Waals surface area contributed by atoms with Gasteiger partial charge in [-0.3, -0.25) is 4.79 Å². The molecular weight excluding hydrogens is 206 g/mol. The number of carbonyl (C=O) groups excluding carboxylic acids is 1. The molecule has 0 aliphatic heterocycles. The monoisotopic (exact) mass is 229 g/mol. The second kappa shape index (κ2) is 7.09. The third kappa shape index (κ3) is 4.08. The molecule has 5 heteroatoms. The number of hydrogen-bond acceptors (Lipinski definition) is 3. The van der Waals surface area contributed by atoms with Crippen LogP contribution in [0.15, 0.2) is 5.16 Å². The van der Waals surface area contributed by atoms with Gasteiger partial charge in [-0.15, -0.1) is 0 Å². The molecule has 5 nitrogen and oxygen atoms in total. The van der Waals surface area contributed by atoms with E-state index in [1.54, 1.807) is 4.90 Å². The second-order valence-corrected chi connectivity index (χ2v) is 4.26. The number of amidine groups is 1. The van der Waals surface area contributed by atoms with Gasteiger partial charge in [0.2, 0.25) is 5.91 Å². The summed E-state index contributed by atoms with van der Waals surface area (Å²) in [5, 5.41) is 11.5. The molecule has 0 rings (SSSR count). The normalized spacial score (nSPS) is 13.9. The van der Waals surface area contributed by atoms with Crippen LogP contribution in [0.1, 0.15) is 34.1 Å². The zero-order valence-corrected chi connectivity index (χ0v) is 10.6. The zero-order chi connectivity index (χ0) is 12.7. The predicted octanol–water partition coefficient (Wildman–Crippen LogP) is 1.26. The van der Waals surface area contributed by atoms with E-state index in [-0.39, 0.29) is 11.7 Å². The number of hydrogen-bond donors (Lipinski definition) is 2. The fourth-order valence-corrected chi connectivity index (χ4v) is 1.62. The summed E-state index contributed by atoms with van der Waals surface area (Å²) in [6, 6.07) is 0. The Balaban J connectivity index is 4.70. The van der Waals surface area contributed by atoms with Crippen molar-refractivity contribution >= 4 is 11.7 Å². The number of nitrogens with two attached hydrogens (primary N) is 1. The van der Waals surface area contributed by atoms with Crippen molar-refractivity contribution in [2.24, 2.45) is 22.7 Å². The van der Waals surface area contributed by atoms with E-state index < -0.39 is 5.92 Å². The van der Waals surface area contributed by atoms with Crippen molar-refractivity contribution in [2.45, 2.75) is 34.1 Å². The van der Waals surface area contributed by atoms with E-state index in [2.05, 4.69) is 19.0 Å². The molecule has 0 spiro atoms. The summed E-state index contributed by atoms with van der Waals surface area (Å²) in [6.45, 7) is 9.24. The van der Waals surface area contributed by atoms with Crippen molar-refractivity contribution in [1.29, 1.82) is 0 Å². The highest BCUT2D eigenvalue weighted by molar-refractivity contribution is 6.01. The van der Waals surface area contributed by atoms with Crippen molar-refractivity contribution in [2.75, 3.05) is 13.1 Å². The maximum absolute atomic E-state index is 12.1. The first-order valence-corrected chi connectivity index (χ1v) is 5.74. The molecule has 1 atom stereocenters. The standard InChI is InChI=1S/C11H23N3O2/c1-5-9(10(12)13-16)11(15)14(6-2)7-8(3)4/h8-9,16H,5-7H2,1-4H3,(H2,12,13). The van der Waals surface area contributed by atoms with Gasteiger partial charge in [0, 0.05) is 13.1 Å². The third-order valence-electron chi connectivity index (χ3n) is 2.46. The minimum atomic E-state index is -0.510. The molecule has 0 aliphatic rings. The van der Waals surface area contributed by atoms with Gasteiger partial charge in [0.25, 0.3) is 0 Å². The van der Waals surface area contributed by atoms with Crippen molar-refractivity contribution in [3.8, 4) is 0 Å². The van der Waals surface area contributed by atoms with Gasteiger partial charge in [-0.25, -0.2) is 0 Å². The minimum Gasteiger partial charge on any atom is -0.409 e. The molecule has 3 N–H and O–H groups in total. The Hall–Kier alpha value is -1.26. The molecule has 0 heterocycles. The van der Waals surface area contributed by atoms with Crippen LogP contribution in [0.2, 0.25) is 0 Å². The van der Waals surface area contributed by atoms with Gasteiger partial charge in [-0.05, 0) is 19.3 Å². The summed E-state index contributed by atoms with van der Waals surface area (Å²) in [4.78, 5) is 13.8. The Bertz CT molecular complexity index is 252. The molecule has 0 bridgehead atoms. The molecule has 1 amide bonds. The summed E-state index contributed by atoms with van der Waals surface area (Å²) in [5.41, 5.74) is 5.50. The quantitative estimate of drug-likeness (QED) is 0.311. The van der Waals surface area contributed by atoms with Crippen LogP contribution >= 0.6 is 0 Å². The van der Waals surface area contributed by atoms with Gasteiger partial charge in [-0.1, -0.05) is 25.9 Å². The Morgan fingerprint density at radius 1 is 1.44 bits per heavy atom. The molecule has 0 radical (unpaired) electrons. The van der Waals surface area contributed by atoms with Gasteiger partial charge >= 0.3 is 0 Å². The molecule has 0 aromatic rings. The molecule has 16 heavy (non-hydrogen) atoms. The zero-order valence-electron chi connectivity index (χ0n) is 10.6. The maximum Gasteiger partial charge on any atom is 0.233 e. The molecule has 0 fully saturated rings. The molecule has 0 saturated carbocycles. The fourth-order valence-electron chi connectivity index (χ4n) is 1.62. The summed E-state index contributed by atoms with van der Waals surface area (Å²) in [7, 11) is 0. The maximum atomic E-state index is 12.1. The molecule has 0 aromatic heterocycles. The number of rotatable bonds is 6. The van der Waals surface area contributed by atoms with Gasteiger partial charge in [-0.2, -0.15) is 0 Å². The largest absolute Gasteiger partial charge is 0.409 e. The van der Waals surface area contributed by atoms with Crippen molar-refractivity contribution < 1.29 is 10.0 Å². The first-order valence-electron chi connectivity index (χ1n) is 5.74. The minimum absolute atomic E-state index is 0.00490. The van der Waals surface area contributed by atoms with Gasteiger partial charge in [0.1, 0.15) is 0 Å². The van der Waals surface area contributed by atoms with Crippen LogP contribution in [-0.4, -0.2) is 34.9 Å². The summed E-state index contributed by atoms with van der Waals surface area (Å²) in [5.74, 6) is -0.166. The van der Waals surface area contributed by atoms with E-state index in [9.17, 15) is 4.79 Å². The highest BCUT2D eigenvalue weighted by Crippen LogP contribution is 2.10. The van der Waals surface area contributed by atoms with E-state index in [4.69, 9.17) is 10.9 Å². The van der Waals surface area contributed by atoms with E-state index in [0.717, 1.165) is 0 Å². The lowest BCUT2D eigenvalue weighted by Crippen LogP contribution is -2.43. The lowest BCUT2D eigenvalue weighted by atomic mass is 10.0. The fraction of sp³-hybridized carbons (Fsp3) is 0.818. The van der Waals surface area contributed by atoms with Crippen LogP contribution in [-0.2, 0) is 4.79 Å². The lowest BCUT2D eigenvalue weighted by Gasteiger charge is -2.26. The summed E-state index contributed by atoms with van der Waals surface area (Å²) in [6.07, 6.45) is 0.545. The Labute approximate surface area is 97.3 Å². The smallest absolute Gasteiger partial charge is 0.233 e. The lowest BCUT2D eigenvalue weighted by molar-refractivity contribution is -0.133. The molecule has 94 valence electrons. The van der Waals surface area contributed by atoms with Gasteiger partial charge in [0.05, 0.1) is 5.92 Å². The third-order valence-corrected chi connectivity index (χ3v) is 2.46. The average molecular weight is 229 g/mol. The van der Waals surface area contributed by atoms with E-state index >= 15 is 0 Å². The Kier molecular flexibility index (Phi) is 6.53. The number of amides is 1. The molecule has 0 saturated heterocycles. The van der Waals surface area contributed by atoms with Crippen LogP contribution in [0, 0.1) is 11.8 Å².